The van der Waals surface area contributed by atoms with Gasteiger partial charge in [-0.1, -0.05) is 0 Å². The van der Waals surface area contributed by atoms with Gasteiger partial charge in [-0.25, -0.2) is 17.5 Å². The summed E-state index contributed by atoms with van der Waals surface area (Å²) < 4.78 is 46.2. The Morgan fingerprint density at radius 3 is 2.54 bits per heavy atom. The SMILES string of the molecule is COc1ccc(S(=O)(=O)NC2CC(O)C2)cc1C(=O)Nc1ccc(F)c(C)c1. The molecule has 0 aliphatic heterocycles. The maximum atomic E-state index is 13.4. The summed E-state index contributed by atoms with van der Waals surface area (Å²) in [7, 11) is -2.48. The summed E-state index contributed by atoms with van der Waals surface area (Å²) in [6.45, 7) is 1.57. The first-order valence-corrected chi connectivity index (χ1v) is 10.1. The molecule has 0 spiro atoms. The number of benzene rings is 2. The van der Waals surface area contributed by atoms with Crippen molar-refractivity contribution >= 4 is 21.6 Å². The molecule has 3 rings (SSSR count). The first-order chi connectivity index (χ1) is 13.2. The number of sulfonamides is 1. The summed E-state index contributed by atoms with van der Waals surface area (Å²) in [5, 5.41) is 11.9. The normalized spacial score (nSPS) is 19.0. The average Bonchev–Trinajstić information content (AvgIpc) is 2.62. The molecule has 150 valence electrons. The molecule has 7 nitrogen and oxygen atoms in total. The van der Waals surface area contributed by atoms with E-state index >= 15 is 0 Å². The van der Waals surface area contributed by atoms with Crippen LogP contribution in [0.15, 0.2) is 41.3 Å². The number of methoxy groups -OCH3 is 1. The number of ether oxygens (including phenoxy) is 1. The van der Waals surface area contributed by atoms with Gasteiger partial charge in [-0.2, -0.15) is 0 Å². The number of amides is 1. The standard InChI is InChI=1S/C19H21FN2O5S/c1-11-7-12(3-5-17(11)20)21-19(24)16-10-15(4-6-18(16)27-2)28(25,26)22-13-8-14(23)9-13/h3-7,10,13-14,22-23H,8-9H2,1-2H3,(H,21,24). The third kappa shape index (κ3) is 4.32. The largest absolute Gasteiger partial charge is 0.496 e. The third-order valence-corrected chi connectivity index (χ3v) is 6.09. The highest BCUT2D eigenvalue weighted by atomic mass is 32.2. The van der Waals surface area contributed by atoms with Crippen LogP contribution >= 0.6 is 0 Å². The van der Waals surface area contributed by atoms with Gasteiger partial charge in [-0.05, 0) is 61.7 Å². The van der Waals surface area contributed by atoms with Gasteiger partial charge in [0.25, 0.3) is 5.91 Å². The lowest BCUT2D eigenvalue weighted by Gasteiger charge is -2.31. The fraction of sp³-hybridized carbons (Fsp3) is 0.316. The molecule has 0 saturated heterocycles. The van der Waals surface area contributed by atoms with Crippen LogP contribution in [0.1, 0.15) is 28.8 Å². The number of carbonyl (C=O) groups excluding carboxylic acids is 1. The molecule has 9 heteroatoms. The van der Waals surface area contributed by atoms with Gasteiger partial charge in [0.2, 0.25) is 10.0 Å². The lowest BCUT2D eigenvalue weighted by molar-refractivity contribution is 0.0712. The fourth-order valence-electron chi connectivity index (χ4n) is 2.92. The summed E-state index contributed by atoms with van der Waals surface area (Å²) in [6.07, 6.45) is 0.211. The second-order valence-electron chi connectivity index (χ2n) is 6.72. The predicted molar refractivity (Wildman–Crippen MR) is 101 cm³/mol. The maximum absolute atomic E-state index is 13.4. The van der Waals surface area contributed by atoms with Crippen LogP contribution in [0.5, 0.6) is 5.75 Å². The minimum Gasteiger partial charge on any atom is -0.496 e. The van der Waals surface area contributed by atoms with Gasteiger partial charge in [0.05, 0.1) is 23.7 Å². The summed E-state index contributed by atoms with van der Waals surface area (Å²) >= 11 is 0. The van der Waals surface area contributed by atoms with Crippen LogP contribution < -0.4 is 14.8 Å². The number of carbonyl (C=O) groups is 1. The van der Waals surface area contributed by atoms with Gasteiger partial charge >= 0.3 is 0 Å². The second-order valence-corrected chi connectivity index (χ2v) is 8.44. The number of aryl methyl sites for hydroxylation is 1. The zero-order valence-corrected chi connectivity index (χ0v) is 16.2. The molecule has 1 fully saturated rings. The van der Waals surface area contributed by atoms with Crippen LogP contribution in [0, 0.1) is 12.7 Å². The smallest absolute Gasteiger partial charge is 0.259 e. The van der Waals surface area contributed by atoms with Crippen LogP contribution in [-0.2, 0) is 10.0 Å². The van der Waals surface area contributed by atoms with Gasteiger partial charge in [0, 0.05) is 11.7 Å². The van der Waals surface area contributed by atoms with Crippen molar-refractivity contribution in [1.29, 1.82) is 0 Å². The molecule has 0 bridgehead atoms. The van der Waals surface area contributed by atoms with E-state index in [-0.39, 0.29) is 22.3 Å². The van der Waals surface area contributed by atoms with E-state index < -0.39 is 27.9 Å². The van der Waals surface area contributed by atoms with Crippen molar-refractivity contribution in [2.75, 3.05) is 12.4 Å². The van der Waals surface area contributed by atoms with Crippen LogP contribution in [0.2, 0.25) is 0 Å². The maximum Gasteiger partial charge on any atom is 0.259 e. The van der Waals surface area contributed by atoms with E-state index in [4.69, 9.17) is 4.74 Å². The topological polar surface area (TPSA) is 105 Å². The molecule has 1 saturated carbocycles. The molecule has 0 heterocycles. The molecule has 28 heavy (non-hydrogen) atoms. The van der Waals surface area contributed by atoms with E-state index in [0.29, 0.717) is 24.1 Å². The quantitative estimate of drug-likeness (QED) is 0.680. The zero-order valence-electron chi connectivity index (χ0n) is 15.4. The molecule has 1 amide bonds. The van der Waals surface area contributed by atoms with E-state index in [9.17, 15) is 22.7 Å². The van der Waals surface area contributed by atoms with E-state index in [2.05, 4.69) is 10.0 Å². The molecule has 3 N–H and O–H groups in total. The second kappa shape index (κ2) is 7.86. The summed E-state index contributed by atoms with van der Waals surface area (Å²) in [5.74, 6) is -0.774. The Labute approximate surface area is 162 Å². The molecule has 0 unspecified atom stereocenters. The van der Waals surface area contributed by atoms with Gasteiger partial charge in [0.1, 0.15) is 11.6 Å². The fourth-order valence-corrected chi connectivity index (χ4v) is 4.21. The van der Waals surface area contributed by atoms with E-state index in [0.717, 1.165) is 0 Å². The van der Waals surface area contributed by atoms with Crippen LogP contribution in [0.25, 0.3) is 0 Å². The molecule has 2 aromatic rings. The van der Waals surface area contributed by atoms with E-state index in [1.165, 1.54) is 43.5 Å². The van der Waals surface area contributed by atoms with Gasteiger partial charge in [-0.3, -0.25) is 4.79 Å². The number of hydrogen-bond donors (Lipinski definition) is 3. The number of hydrogen-bond acceptors (Lipinski definition) is 5. The predicted octanol–water partition coefficient (Wildman–Crippen LogP) is 2.20. The highest BCUT2D eigenvalue weighted by Crippen LogP contribution is 2.26. The number of aliphatic hydroxyl groups is 1. The Bertz CT molecular complexity index is 1000. The highest BCUT2D eigenvalue weighted by Gasteiger charge is 2.31. The number of halogens is 1. The van der Waals surface area contributed by atoms with Gasteiger partial charge in [-0.15, -0.1) is 0 Å². The Balaban J connectivity index is 1.85. The van der Waals surface area contributed by atoms with Crippen molar-refractivity contribution < 1.29 is 27.4 Å². The van der Waals surface area contributed by atoms with Crippen molar-refractivity contribution in [2.24, 2.45) is 0 Å². The van der Waals surface area contributed by atoms with E-state index in [1.807, 2.05) is 0 Å². The van der Waals surface area contributed by atoms with Crippen LogP contribution in [0.4, 0.5) is 10.1 Å². The zero-order chi connectivity index (χ0) is 20.5. The summed E-state index contributed by atoms with van der Waals surface area (Å²) in [4.78, 5) is 12.6. The Morgan fingerprint density at radius 2 is 1.93 bits per heavy atom. The highest BCUT2D eigenvalue weighted by molar-refractivity contribution is 7.89. The Morgan fingerprint density at radius 1 is 1.21 bits per heavy atom. The molecular weight excluding hydrogens is 387 g/mol. The number of nitrogens with one attached hydrogen (secondary N) is 2. The lowest BCUT2D eigenvalue weighted by atomic mass is 9.91. The molecule has 0 atom stereocenters. The van der Waals surface area contributed by atoms with Gasteiger partial charge in [0.15, 0.2) is 0 Å². The molecule has 1 aliphatic carbocycles. The van der Waals surface area contributed by atoms with Gasteiger partial charge < -0.3 is 15.2 Å². The van der Waals surface area contributed by atoms with Crippen LogP contribution in [-0.4, -0.2) is 38.7 Å². The average molecular weight is 408 g/mol. The van der Waals surface area contributed by atoms with Crippen molar-refractivity contribution in [2.45, 2.75) is 36.8 Å². The van der Waals surface area contributed by atoms with Crippen LogP contribution in [0.3, 0.4) is 0 Å². The molecular formula is C19H21FN2O5S. The van der Waals surface area contributed by atoms with Crippen molar-refractivity contribution in [1.82, 2.24) is 4.72 Å². The molecule has 1 aliphatic rings. The molecule has 2 aromatic carbocycles. The monoisotopic (exact) mass is 408 g/mol. The summed E-state index contributed by atoms with van der Waals surface area (Å²) in [6, 6.07) is 7.76. The molecule has 0 aromatic heterocycles. The van der Waals surface area contributed by atoms with Crippen molar-refractivity contribution in [3.63, 3.8) is 0 Å². The summed E-state index contributed by atoms with van der Waals surface area (Å²) in [5.41, 5.74) is 0.773. The van der Waals surface area contributed by atoms with Crippen molar-refractivity contribution in [3.05, 3.63) is 53.3 Å². The number of aliphatic hydroxyl groups excluding tert-OH is 1. The minimum absolute atomic E-state index is 0.0287. The number of rotatable bonds is 6. The first kappa shape index (κ1) is 20.2. The lowest BCUT2D eigenvalue weighted by Crippen LogP contribution is -2.46. The molecule has 0 radical (unpaired) electrons. The Kier molecular flexibility index (Phi) is 5.69. The third-order valence-electron chi connectivity index (χ3n) is 4.58. The Hall–Kier alpha value is -2.49. The van der Waals surface area contributed by atoms with Crippen molar-refractivity contribution in [3.8, 4) is 5.75 Å². The number of anilines is 1. The minimum atomic E-state index is -3.86. The first-order valence-electron chi connectivity index (χ1n) is 8.65. The van der Waals surface area contributed by atoms with E-state index in [1.54, 1.807) is 6.92 Å².